The molecule has 0 saturated heterocycles. The van der Waals surface area contributed by atoms with Crippen molar-refractivity contribution < 1.29 is 4.74 Å². The van der Waals surface area contributed by atoms with Crippen molar-refractivity contribution in [2.24, 2.45) is 0 Å². The van der Waals surface area contributed by atoms with Gasteiger partial charge in [0.2, 0.25) is 0 Å². The zero-order valence-corrected chi connectivity index (χ0v) is 15.8. The van der Waals surface area contributed by atoms with E-state index in [0.717, 1.165) is 19.3 Å². The zero-order valence-electron chi connectivity index (χ0n) is 14.9. The molecule has 2 rings (SSSR count). The first-order chi connectivity index (χ1) is 11.7. The molecule has 0 aromatic heterocycles. The molecule has 0 spiro atoms. The second-order valence-electron chi connectivity index (χ2n) is 6.37. The molecular formula is C22H30OS. The molecule has 0 aliphatic carbocycles. The van der Waals surface area contributed by atoms with Crippen molar-refractivity contribution in [2.75, 3.05) is 0 Å². The van der Waals surface area contributed by atoms with Crippen LogP contribution in [0.25, 0.3) is 0 Å². The number of thiol groups is 1. The van der Waals surface area contributed by atoms with Crippen LogP contribution in [0.2, 0.25) is 0 Å². The van der Waals surface area contributed by atoms with E-state index < -0.39 is 0 Å². The molecule has 2 aromatic rings. The lowest BCUT2D eigenvalue weighted by molar-refractivity contribution is 0.0221. The third-order valence-corrected chi connectivity index (χ3v) is 4.86. The normalized spacial score (nSPS) is 13.8. The topological polar surface area (TPSA) is 9.23 Å². The van der Waals surface area contributed by atoms with Crippen molar-refractivity contribution in [2.45, 2.75) is 63.4 Å². The van der Waals surface area contributed by atoms with Gasteiger partial charge in [0.25, 0.3) is 0 Å². The second kappa shape index (κ2) is 10.6. The second-order valence-corrected chi connectivity index (χ2v) is 6.95. The Morgan fingerprint density at radius 3 is 1.88 bits per heavy atom. The van der Waals surface area contributed by atoms with Gasteiger partial charge in [0.15, 0.2) is 0 Å². The standard InChI is InChI=1S/C22H30OS/c1-3-5-16-20(4-2)23-22(24)17-21(18-12-8-6-9-13-18)19-14-10-7-11-15-19/h6-15,20-22,24H,3-5,16-17H2,1-2H3. The molecule has 0 heterocycles. The Bertz CT molecular complexity index is 515. The smallest absolute Gasteiger partial charge is 0.101 e. The molecule has 0 fully saturated rings. The van der Waals surface area contributed by atoms with Crippen LogP contribution in [0.3, 0.4) is 0 Å². The number of rotatable bonds is 10. The van der Waals surface area contributed by atoms with Crippen molar-refractivity contribution >= 4 is 12.6 Å². The molecule has 2 heteroatoms. The average Bonchev–Trinajstić information content (AvgIpc) is 2.64. The SMILES string of the molecule is CCCCC(CC)OC(S)CC(c1ccccc1)c1ccccc1. The maximum absolute atomic E-state index is 6.24. The van der Waals surface area contributed by atoms with E-state index in [1.54, 1.807) is 0 Å². The molecule has 2 aromatic carbocycles. The lowest BCUT2D eigenvalue weighted by Crippen LogP contribution is -2.20. The van der Waals surface area contributed by atoms with Crippen LogP contribution in [0.5, 0.6) is 0 Å². The van der Waals surface area contributed by atoms with E-state index >= 15 is 0 Å². The fraction of sp³-hybridized carbons (Fsp3) is 0.455. The maximum Gasteiger partial charge on any atom is 0.101 e. The van der Waals surface area contributed by atoms with E-state index in [2.05, 4.69) is 74.5 Å². The summed E-state index contributed by atoms with van der Waals surface area (Å²) >= 11 is 4.76. The minimum atomic E-state index is -0.0442. The molecule has 0 N–H and O–H groups in total. The van der Waals surface area contributed by atoms with Gasteiger partial charge in [-0.3, -0.25) is 0 Å². The summed E-state index contributed by atoms with van der Waals surface area (Å²) in [6.45, 7) is 4.43. The molecule has 0 aliphatic heterocycles. The fourth-order valence-electron chi connectivity index (χ4n) is 3.11. The molecule has 1 nitrogen and oxygen atoms in total. The summed E-state index contributed by atoms with van der Waals surface area (Å²) in [6, 6.07) is 21.4. The number of hydrogen-bond donors (Lipinski definition) is 1. The van der Waals surface area contributed by atoms with Crippen molar-refractivity contribution in [1.29, 1.82) is 0 Å². The average molecular weight is 343 g/mol. The van der Waals surface area contributed by atoms with Gasteiger partial charge < -0.3 is 4.74 Å². The van der Waals surface area contributed by atoms with Crippen LogP contribution in [0.1, 0.15) is 63.0 Å². The van der Waals surface area contributed by atoms with Crippen LogP contribution in [0.4, 0.5) is 0 Å². The fourth-order valence-corrected chi connectivity index (χ4v) is 3.50. The monoisotopic (exact) mass is 342 g/mol. The molecule has 0 radical (unpaired) electrons. The van der Waals surface area contributed by atoms with Gasteiger partial charge in [-0.15, -0.1) is 12.6 Å². The lowest BCUT2D eigenvalue weighted by atomic mass is 9.89. The van der Waals surface area contributed by atoms with Gasteiger partial charge in [-0.2, -0.15) is 0 Å². The Morgan fingerprint density at radius 2 is 1.42 bits per heavy atom. The lowest BCUT2D eigenvalue weighted by Gasteiger charge is -2.25. The highest BCUT2D eigenvalue weighted by Crippen LogP contribution is 2.31. The minimum Gasteiger partial charge on any atom is -0.365 e. The zero-order chi connectivity index (χ0) is 17.2. The molecule has 0 saturated carbocycles. The van der Waals surface area contributed by atoms with Crippen LogP contribution in [-0.4, -0.2) is 11.5 Å². The van der Waals surface area contributed by atoms with Gasteiger partial charge in [-0.05, 0) is 30.4 Å². The number of benzene rings is 2. The van der Waals surface area contributed by atoms with E-state index in [9.17, 15) is 0 Å². The summed E-state index contributed by atoms with van der Waals surface area (Å²) < 4.78 is 6.24. The molecule has 2 unspecified atom stereocenters. The molecule has 0 bridgehead atoms. The predicted molar refractivity (Wildman–Crippen MR) is 107 cm³/mol. The van der Waals surface area contributed by atoms with Crippen molar-refractivity contribution in [3.8, 4) is 0 Å². The van der Waals surface area contributed by atoms with Gasteiger partial charge in [-0.25, -0.2) is 0 Å². The van der Waals surface area contributed by atoms with Crippen LogP contribution in [0, 0.1) is 0 Å². The first-order valence-electron chi connectivity index (χ1n) is 9.18. The summed E-state index contributed by atoms with van der Waals surface area (Å²) in [6.07, 6.45) is 5.83. The number of hydrogen-bond acceptors (Lipinski definition) is 2. The summed E-state index contributed by atoms with van der Waals surface area (Å²) in [4.78, 5) is 0. The Labute approximate surface area is 152 Å². The van der Waals surface area contributed by atoms with Crippen LogP contribution < -0.4 is 0 Å². The molecule has 0 aliphatic rings. The van der Waals surface area contributed by atoms with Crippen LogP contribution in [-0.2, 0) is 4.74 Å². The third-order valence-electron chi connectivity index (χ3n) is 4.53. The van der Waals surface area contributed by atoms with E-state index in [4.69, 9.17) is 17.4 Å². The van der Waals surface area contributed by atoms with Gasteiger partial charge in [0.1, 0.15) is 5.44 Å². The molecule has 130 valence electrons. The summed E-state index contributed by atoms with van der Waals surface area (Å²) in [5.41, 5.74) is 2.61. The van der Waals surface area contributed by atoms with E-state index in [-0.39, 0.29) is 5.44 Å². The first-order valence-corrected chi connectivity index (χ1v) is 9.69. The van der Waals surface area contributed by atoms with Crippen LogP contribution in [0.15, 0.2) is 60.7 Å². The van der Waals surface area contributed by atoms with Crippen molar-refractivity contribution in [1.82, 2.24) is 0 Å². The van der Waals surface area contributed by atoms with E-state index in [1.807, 2.05) is 0 Å². The van der Waals surface area contributed by atoms with Gasteiger partial charge in [-0.1, -0.05) is 87.4 Å². The summed E-state index contributed by atoms with van der Waals surface area (Å²) in [5, 5.41) is 0. The highest BCUT2D eigenvalue weighted by molar-refractivity contribution is 7.80. The van der Waals surface area contributed by atoms with E-state index in [0.29, 0.717) is 12.0 Å². The first kappa shape index (κ1) is 19.1. The van der Waals surface area contributed by atoms with Crippen molar-refractivity contribution in [3.05, 3.63) is 71.8 Å². The van der Waals surface area contributed by atoms with Crippen LogP contribution >= 0.6 is 12.6 Å². The quantitative estimate of drug-likeness (QED) is 0.385. The largest absolute Gasteiger partial charge is 0.365 e. The summed E-state index contributed by atoms with van der Waals surface area (Å²) in [7, 11) is 0. The van der Waals surface area contributed by atoms with Crippen molar-refractivity contribution in [3.63, 3.8) is 0 Å². The Morgan fingerprint density at radius 1 is 0.875 bits per heavy atom. The number of ether oxygens (including phenoxy) is 1. The highest BCUT2D eigenvalue weighted by Gasteiger charge is 2.20. The Kier molecular flexibility index (Phi) is 8.41. The van der Waals surface area contributed by atoms with Gasteiger partial charge in [0.05, 0.1) is 6.10 Å². The highest BCUT2D eigenvalue weighted by atomic mass is 32.1. The molecule has 2 atom stereocenters. The number of unbranched alkanes of at least 4 members (excludes halogenated alkanes) is 1. The maximum atomic E-state index is 6.24. The van der Waals surface area contributed by atoms with E-state index in [1.165, 1.54) is 24.0 Å². The molecule has 24 heavy (non-hydrogen) atoms. The third kappa shape index (κ3) is 5.99. The molecular weight excluding hydrogens is 312 g/mol. The predicted octanol–water partition coefficient (Wildman–Crippen LogP) is 6.45. The van der Waals surface area contributed by atoms with Gasteiger partial charge >= 0.3 is 0 Å². The van der Waals surface area contributed by atoms with Gasteiger partial charge in [0, 0.05) is 5.92 Å². The summed E-state index contributed by atoms with van der Waals surface area (Å²) in [5.74, 6) is 0.318. The minimum absolute atomic E-state index is 0.0442. The Balaban J connectivity index is 2.08. The molecule has 0 amide bonds. The Hall–Kier alpha value is -1.25.